The zero-order valence-corrected chi connectivity index (χ0v) is 23.4. The number of aromatic nitrogens is 1. The van der Waals surface area contributed by atoms with Crippen LogP contribution in [0.2, 0.25) is 0 Å². The molecular formula is C35H41N3. The van der Waals surface area contributed by atoms with E-state index in [0.29, 0.717) is 11.4 Å². The van der Waals surface area contributed by atoms with Gasteiger partial charge in [0.1, 0.15) is 0 Å². The zero-order valence-electron chi connectivity index (χ0n) is 23.4. The Morgan fingerprint density at radius 3 is 2.32 bits per heavy atom. The number of nitrogen functional groups attached to an aromatic ring is 1. The highest BCUT2D eigenvalue weighted by atomic mass is 14.9. The summed E-state index contributed by atoms with van der Waals surface area (Å²) in [7, 11) is 0. The Morgan fingerprint density at radius 2 is 1.58 bits per heavy atom. The van der Waals surface area contributed by atoms with Gasteiger partial charge in [0.2, 0.25) is 0 Å². The van der Waals surface area contributed by atoms with Crippen molar-refractivity contribution in [3.8, 4) is 11.1 Å². The van der Waals surface area contributed by atoms with Crippen LogP contribution in [-0.2, 0) is 12.8 Å². The highest BCUT2D eigenvalue weighted by Gasteiger charge is 2.13. The van der Waals surface area contributed by atoms with E-state index in [0.717, 1.165) is 64.8 Å². The van der Waals surface area contributed by atoms with Crippen LogP contribution in [0.15, 0.2) is 110 Å². The third-order valence-electron chi connectivity index (χ3n) is 6.88. The number of nitrogens with one attached hydrogen (secondary N) is 1. The first kappa shape index (κ1) is 28.5. The summed E-state index contributed by atoms with van der Waals surface area (Å²) in [5.74, 6) is 0. The van der Waals surface area contributed by atoms with E-state index in [-0.39, 0.29) is 0 Å². The summed E-state index contributed by atoms with van der Waals surface area (Å²) in [6.07, 6.45) is 12.1. The van der Waals surface area contributed by atoms with Crippen molar-refractivity contribution in [2.75, 3.05) is 5.73 Å². The zero-order chi connectivity index (χ0) is 27.7. The lowest BCUT2D eigenvalue weighted by atomic mass is 9.94. The molecule has 0 aliphatic carbocycles. The number of fused-ring (bicyclic) bond motifs is 7. The van der Waals surface area contributed by atoms with E-state index in [9.17, 15) is 0 Å². The fourth-order valence-corrected chi connectivity index (χ4v) is 4.65. The minimum Gasteiger partial charge on any atom is -0.398 e. The Labute approximate surface area is 229 Å². The Hall–Kier alpha value is -4.11. The summed E-state index contributed by atoms with van der Waals surface area (Å²) in [5, 5.41) is 3.47. The van der Waals surface area contributed by atoms with Gasteiger partial charge in [0.05, 0.1) is 0 Å². The summed E-state index contributed by atoms with van der Waals surface area (Å²) in [4.78, 5) is 4.52. The van der Waals surface area contributed by atoms with E-state index in [2.05, 4.69) is 86.4 Å². The van der Waals surface area contributed by atoms with Gasteiger partial charge in [0, 0.05) is 40.6 Å². The predicted molar refractivity (Wildman–Crippen MR) is 166 cm³/mol. The van der Waals surface area contributed by atoms with Crippen LogP contribution in [-0.4, -0.2) is 4.98 Å². The SMILES string of the molecule is C=C/C=C1\C(C)=C(/C)NC(=C)C(=C)c2cc(ccc2N)-c2cncc(c2)CCCCc2cccc1c2.CC. The maximum absolute atomic E-state index is 6.38. The topological polar surface area (TPSA) is 50.9 Å². The van der Waals surface area contributed by atoms with E-state index in [1.54, 1.807) is 0 Å². The molecule has 0 saturated carbocycles. The van der Waals surface area contributed by atoms with Crippen LogP contribution in [0.4, 0.5) is 5.69 Å². The van der Waals surface area contributed by atoms with Crippen molar-refractivity contribution in [1.29, 1.82) is 0 Å². The first-order chi connectivity index (χ1) is 18.4. The van der Waals surface area contributed by atoms with Crippen molar-refractivity contribution in [2.45, 2.75) is 53.4 Å². The van der Waals surface area contributed by atoms with Gasteiger partial charge < -0.3 is 11.1 Å². The molecule has 2 heterocycles. The monoisotopic (exact) mass is 503 g/mol. The lowest BCUT2D eigenvalue weighted by Gasteiger charge is -2.19. The Balaban J connectivity index is 0.00000195. The van der Waals surface area contributed by atoms with Gasteiger partial charge in [0.25, 0.3) is 0 Å². The average Bonchev–Trinajstić information content (AvgIpc) is 2.94. The summed E-state index contributed by atoms with van der Waals surface area (Å²) < 4.78 is 0. The van der Waals surface area contributed by atoms with Gasteiger partial charge in [0.15, 0.2) is 0 Å². The predicted octanol–water partition coefficient (Wildman–Crippen LogP) is 8.92. The Kier molecular flexibility index (Phi) is 10.1. The van der Waals surface area contributed by atoms with Gasteiger partial charge in [-0.05, 0) is 96.7 Å². The number of benzene rings is 2. The second kappa shape index (κ2) is 13.4. The quantitative estimate of drug-likeness (QED) is 0.326. The molecule has 1 aliphatic heterocycles. The molecule has 4 rings (SSSR count). The highest BCUT2D eigenvalue weighted by molar-refractivity contribution is 5.86. The van der Waals surface area contributed by atoms with Crippen LogP contribution >= 0.6 is 0 Å². The van der Waals surface area contributed by atoms with Crippen molar-refractivity contribution >= 4 is 16.8 Å². The molecule has 0 radical (unpaired) electrons. The molecule has 0 saturated heterocycles. The molecule has 3 N–H and O–H groups in total. The van der Waals surface area contributed by atoms with Crippen molar-refractivity contribution in [1.82, 2.24) is 10.3 Å². The van der Waals surface area contributed by atoms with Crippen LogP contribution in [0.1, 0.15) is 62.8 Å². The standard InChI is InChI=1S/C33H35N3.C2H6/c1-6-10-31-22(2)24(4)36-25(5)23(3)32-19-28(15-16-33(32)34)30-18-27(20-35-21-30)12-8-7-11-26-13-9-14-29(31)17-26;1-2/h6,9-10,13-21,36H,1,3,5,7-8,11-12,34H2,2,4H3;1-2H3/b24-22+,31-10+;. The number of nitrogens with zero attached hydrogens (tertiary/aromatic N) is 1. The van der Waals surface area contributed by atoms with E-state index < -0.39 is 0 Å². The van der Waals surface area contributed by atoms with Crippen molar-refractivity contribution < 1.29 is 0 Å². The molecule has 3 nitrogen and oxygen atoms in total. The fourth-order valence-electron chi connectivity index (χ4n) is 4.65. The van der Waals surface area contributed by atoms with E-state index in [1.165, 1.54) is 16.7 Å². The minimum atomic E-state index is 0.670. The third kappa shape index (κ3) is 6.80. The number of allylic oxidation sites excluding steroid dienone is 6. The Bertz CT molecular complexity index is 1390. The molecule has 3 heteroatoms. The third-order valence-corrected chi connectivity index (χ3v) is 6.88. The molecule has 0 atom stereocenters. The van der Waals surface area contributed by atoms with Crippen molar-refractivity contribution in [3.05, 3.63) is 132 Å². The van der Waals surface area contributed by atoms with Crippen molar-refractivity contribution in [3.63, 3.8) is 0 Å². The molecule has 2 aromatic carbocycles. The summed E-state index contributed by atoms with van der Waals surface area (Å²) in [6.45, 7) is 20.8. The minimum absolute atomic E-state index is 0.670. The second-order valence-corrected chi connectivity index (χ2v) is 9.44. The normalized spacial score (nSPS) is 17.3. The number of pyridine rings is 1. The lowest BCUT2D eigenvalue weighted by molar-refractivity contribution is 0.732. The largest absolute Gasteiger partial charge is 0.398 e. The number of hydrogen-bond donors (Lipinski definition) is 2. The molecule has 0 unspecified atom stereocenters. The van der Waals surface area contributed by atoms with Crippen LogP contribution in [0, 0.1) is 0 Å². The maximum atomic E-state index is 6.38. The number of anilines is 1. The smallest absolute Gasteiger partial charge is 0.0394 e. The van der Waals surface area contributed by atoms with Gasteiger partial charge in [-0.15, -0.1) is 0 Å². The molecular weight excluding hydrogens is 462 g/mol. The number of nitrogens with two attached hydrogens (primary N) is 1. The van der Waals surface area contributed by atoms with Gasteiger partial charge in [-0.2, -0.15) is 0 Å². The maximum Gasteiger partial charge on any atom is 0.0394 e. The lowest BCUT2D eigenvalue weighted by Crippen LogP contribution is -2.13. The molecule has 3 aromatic rings. The fraction of sp³-hybridized carbons (Fsp3) is 0.229. The molecule has 38 heavy (non-hydrogen) atoms. The van der Waals surface area contributed by atoms with Crippen LogP contribution in [0.5, 0.6) is 0 Å². The van der Waals surface area contributed by atoms with E-state index >= 15 is 0 Å². The van der Waals surface area contributed by atoms with Crippen molar-refractivity contribution in [2.24, 2.45) is 0 Å². The molecule has 0 amide bonds. The molecule has 1 aliphatic rings. The van der Waals surface area contributed by atoms with Gasteiger partial charge in [-0.25, -0.2) is 0 Å². The molecule has 0 fully saturated rings. The molecule has 0 spiro atoms. The molecule has 1 aromatic heterocycles. The van der Waals surface area contributed by atoms with Gasteiger partial charge in [-0.3, -0.25) is 4.98 Å². The summed E-state index contributed by atoms with van der Waals surface area (Å²) >= 11 is 0. The summed E-state index contributed by atoms with van der Waals surface area (Å²) in [6, 6.07) is 17.1. The van der Waals surface area contributed by atoms with E-state index in [1.807, 2.05) is 44.4 Å². The first-order valence-electron chi connectivity index (χ1n) is 13.5. The molecule has 196 valence electrons. The second-order valence-electron chi connectivity index (χ2n) is 9.44. The number of hydrogen-bond acceptors (Lipinski definition) is 3. The van der Waals surface area contributed by atoms with Crippen LogP contribution in [0.3, 0.4) is 0 Å². The van der Waals surface area contributed by atoms with Crippen LogP contribution < -0.4 is 11.1 Å². The highest BCUT2D eigenvalue weighted by Crippen LogP contribution is 2.32. The average molecular weight is 504 g/mol. The van der Waals surface area contributed by atoms with Crippen LogP contribution in [0.25, 0.3) is 22.3 Å². The van der Waals surface area contributed by atoms with Gasteiger partial charge >= 0.3 is 0 Å². The molecule has 6 bridgehead atoms. The first-order valence-corrected chi connectivity index (χ1v) is 13.5. The van der Waals surface area contributed by atoms with E-state index in [4.69, 9.17) is 5.73 Å². The number of rotatable bonds is 1. The number of aryl methyl sites for hydroxylation is 2. The van der Waals surface area contributed by atoms with Gasteiger partial charge in [-0.1, -0.05) is 76.1 Å². The summed E-state index contributed by atoms with van der Waals surface area (Å²) in [5.41, 5.74) is 18.6. The Morgan fingerprint density at radius 1 is 0.868 bits per heavy atom.